The van der Waals surface area contributed by atoms with Gasteiger partial charge < -0.3 is 26.1 Å². The number of rotatable bonds is 4. The van der Waals surface area contributed by atoms with Crippen LogP contribution < -0.4 is 16.4 Å². The number of amides is 1. The Labute approximate surface area is 122 Å². The molecule has 5 N–H and O–H groups in total. The summed E-state index contributed by atoms with van der Waals surface area (Å²) < 4.78 is 5.51. The predicted octanol–water partition coefficient (Wildman–Crippen LogP) is 0.451. The summed E-state index contributed by atoms with van der Waals surface area (Å²) in [5.41, 5.74) is 7.32. The van der Waals surface area contributed by atoms with Gasteiger partial charge >= 0.3 is 0 Å². The van der Waals surface area contributed by atoms with Crippen LogP contribution >= 0.6 is 0 Å². The summed E-state index contributed by atoms with van der Waals surface area (Å²) in [7, 11) is 1.69. The van der Waals surface area contributed by atoms with Crippen molar-refractivity contribution in [2.75, 3.05) is 25.5 Å². The number of hydrogen-bond donors (Lipinski definition) is 4. The molecule has 7 heteroatoms. The number of aromatic nitrogens is 2. The number of nitrogens with one attached hydrogen (secondary N) is 3. The smallest absolute Gasteiger partial charge is 0.252 e. The molecule has 2 aromatic rings. The number of methoxy groups -OCH3 is 1. The van der Waals surface area contributed by atoms with Gasteiger partial charge in [-0.2, -0.15) is 0 Å². The van der Waals surface area contributed by atoms with Crippen molar-refractivity contribution in [3.63, 3.8) is 0 Å². The van der Waals surface area contributed by atoms with Gasteiger partial charge in [-0.05, 0) is 19.0 Å². The number of fused-ring (bicyclic) bond motifs is 1. The average Bonchev–Trinajstić information content (AvgIpc) is 2.96. The second-order valence-corrected chi connectivity index (χ2v) is 5.17. The first-order valence-electron chi connectivity index (χ1n) is 6.96. The van der Waals surface area contributed by atoms with E-state index in [-0.39, 0.29) is 12.1 Å². The number of ether oxygens (including phenoxy) is 1. The molecule has 7 nitrogen and oxygen atoms in total. The molecular formula is C14H19N5O2. The highest BCUT2D eigenvalue weighted by atomic mass is 16.5. The van der Waals surface area contributed by atoms with Crippen molar-refractivity contribution in [3.8, 4) is 0 Å². The zero-order valence-corrected chi connectivity index (χ0v) is 11.8. The zero-order valence-electron chi connectivity index (χ0n) is 11.8. The number of nitrogens with zero attached hydrogens (tertiary/aromatic N) is 1. The van der Waals surface area contributed by atoms with Gasteiger partial charge in [-0.15, -0.1) is 0 Å². The number of anilines is 1. The number of nitrogens with two attached hydrogens (primary N) is 1. The number of carbonyl (C=O) groups excluding carboxylic acids is 1. The molecule has 1 aliphatic heterocycles. The lowest BCUT2D eigenvalue weighted by molar-refractivity contribution is 0.0706. The first-order chi connectivity index (χ1) is 10.2. The number of carbonyl (C=O) groups is 1. The molecule has 1 amide bonds. The van der Waals surface area contributed by atoms with Crippen LogP contribution in [0.4, 0.5) is 5.69 Å². The van der Waals surface area contributed by atoms with Gasteiger partial charge in [0.15, 0.2) is 0 Å². The van der Waals surface area contributed by atoms with Gasteiger partial charge in [0.1, 0.15) is 5.65 Å². The van der Waals surface area contributed by atoms with Gasteiger partial charge in [0.25, 0.3) is 5.91 Å². The van der Waals surface area contributed by atoms with Gasteiger partial charge in [-0.3, -0.25) is 4.79 Å². The van der Waals surface area contributed by atoms with E-state index in [1.54, 1.807) is 13.3 Å². The first kappa shape index (κ1) is 13.8. The Morgan fingerprint density at radius 3 is 3.19 bits per heavy atom. The number of aromatic amines is 1. The standard InChI is InChI=1S/C14H19N5O2/c1-21-11-7-16-4-3-10(11)19-12-8-2-5-17-14(8)18-6-9(12)13(15)20/h2,5-6,10-11,16H,3-4,7H2,1H3,(H2,15,20)(H2,17,18,19)/t10-,11+/m1/s1. The summed E-state index contributed by atoms with van der Waals surface area (Å²) in [5.74, 6) is -0.490. The van der Waals surface area contributed by atoms with Crippen LogP contribution in [0.15, 0.2) is 18.5 Å². The second-order valence-electron chi connectivity index (χ2n) is 5.17. The third-order valence-corrected chi connectivity index (χ3v) is 3.91. The van der Waals surface area contributed by atoms with E-state index in [0.29, 0.717) is 5.56 Å². The number of pyridine rings is 1. The molecule has 1 saturated heterocycles. The van der Waals surface area contributed by atoms with E-state index < -0.39 is 5.91 Å². The molecular weight excluding hydrogens is 270 g/mol. The Kier molecular flexibility index (Phi) is 3.76. The molecule has 0 saturated carbocycles. The number of primary amides is 1. The van der Waals surface area contributed by atoms with Crippen LogP contribution in [0.3, 0.4) is 0 Å². The molecule has 1 fully saturated rings. The van der Waals surface area contributed by atoms with Gasteiger partial charge in [-0.25, -0.2) is 4.98 Å². The Bertz CT molecular complexity index is 654. The quantitative estimate of drug-likeness (QED) is 0.654. The number of H-pyrrole nitrogens is 1. The van der Waals surface area contributed by atoms with Crippen molar-refractivity contribution in [3.05, 3.63) is 24.0 Å². The molecule has 3 heterocycles. The Morgan fingerprint density at radius 2 is 2.43 bits per heavy atom. The van der Waals surface area contributed by atoms with Gasteiger partial charge in [0.2, 0.25) is 0 Å². The van der Waals surface area contributed by atoms with E-state index in [0.717, 1.165) is 36.2 Å². The van der Waals surface area contributed by atoms with Crippen LogP contribution in [0.2, 0.25) is 0 Å². The fourth-order valence-electron chi connectivity index (χ4n) is 2.78. The fraction of sp³-hybridized carbons (Fsp3) is 0.429. The maximum absolute atomic E-state index is 11.7. The monoisotopic (exact) mass is 289 g/mol. The summed E-state index contributed by atoms with van der Waals surface area (Å²) in [6.07, 6.45) is 4.25. The lowest BCUT2D eigenvalue weighted by Crippen LogP contribution is -2.48. The minimum absolute atomic E-state index is 0.0432. The third-order valence-electron chi connectivity index (χ3n) is 3.91. The van der Waals surface area contributed by atoms with E-state index in [4.69, 9.17) is 10.5 Å². The SMILES string of the molecule is CO[C@H]1CNCC[C@H]1Nc1c(C(N)=O)cnc2[nH]ccc12. The van der Waals surface area contributed by atoms with Crippen LogP contribution in [0, 0.1) is 0 Å². The maximum atomic E-state index is 11.7. The second kappa shape index (κ2) is 5.71. The molecule has 0 aliphatic carbocycles. The van der Waals surface area contributed by atoms with Crippen LogP contribution in [0.1, 0.15) is 16.8 Å². The van der Waals surface area contributed by atoms with E-state index in [9.17, 15) is 4.79 Å². The van der Waals surface area contributed by atoms with E-state index in [1.807, 2.05) is 6.07 Å². The first-order valence-corrected chi connectivity index (χ1v) is 6.96. The zero-order chi connectivity index (χ0) is 14.8. The van der Waals surface area contributed by atoms with Gasteiger partial charge in [-0.1, -0.05) is 0 Å². The third kappa shape index (κ3) is 2.57. The number of hydrogen-bond acceptors (Lipinski definition) is 5. The maximum Gasteiger partial charge on any atom is 0.252 e. The average molecular weight is 289 g/mol. The molecule has 2 aromatic heterocycles. The van der Waals surface area contributed by atoms with Crippen LogP contribution in [0.5, 0.6) is 0 Å². The molecule has 0 aromatic carbocycles. The summed E-state index contributed by atoms with van der Waals surface area (Å²) in [6.45, 7) is 1.69. The van der Waals surface area contributed by atoms with Crippen molar-refractivity contribution < 1.29 is 9.53 Å². The van der Waals surface area contributed by atoms with Crippen LogP contribution in [-0.4, -0.2) is 48.2 Å². The molecule has 3 rings (SSSR count). The van der Waals surface area contributed by atoms with Crippen molar-refractivity contribution in [2.45, 2.75) is 18.6 Å². The summed E-state index contributed by atoms with van der Waals surface area (Å²) >= 11 is 0. The highest BCUT2D eigenvalue weighted by Crippen LogP contribution is 2.27. The Hall–Kier alpha value is -2.12. The molecule has 0 bridgehead atoms. The van der Waals surface area contributed by atoms with E-state index >= 15 is 0 Å². The van der Waals surface area contributed by atoms with Gasteiger partial charge in [0, 0.05) is 31.4 Å². The molecule has 0 spiro atoms. The summed E-state index contributed by atoms with van der Waals surface area (Å²) in [4.78, 5) is 18.9. The van der Waals surface area contributed by atoms with Crippen LogP contribution in [0.25, 0.3) is 11.0 Å². The number of piperidine rings is 1. The highest BCUT2D eigenvalue weighted by molar-refractivity contribution is 6.05. The Balaban J connectivity index is 1.99. The Morgan fingerprint density at radius 1 is 1.57 bits per heavy atom. The van der Waals surface area contributed by atoms with Crippen LogP contribution in [-0.2, 0) is 4.74 Å². The lowest BCUT2D eigenvalue weighted by atomic mass is 10.0. The fourth-order valence-corrected chi connectivity index (χ4v) is 2.78. The van der Waals surface area contributed by atoms with E-state index in [1.165, 1.54) is 6.20 Å². The molecule has 0 radical (unpaired) electrons. The van der Waals surface area contributed by atoms with Crippen molar-refractivity contribution in [1.82, 2.24) is 15.3 Å². The van der Waals surface area contributed by atoms with E-state index in [2.05, 4.69) is 20.6 Å². The predicted molar refractivity (Wildman–Crippen MR) is 80.3 cm³/mol. The minimum Gasteiger partial charge on any atom is -0.378 e. The molecule has 1 aliphatic rings. The minimum atomic E-state index is -0.490. The normalized spacial score (nSPS) is 22.3. The molecule has 112 valence electrons. The topological polar surface area (TPSA) is 105 Å². The molecule has 2 atom stereocenters. The van der Waals surface area contributed by atoms with Crippen molar-refractivity contribution >= 4 is 22.6 Å². The lowest BCUT2D eigenvalue weighted by Gasteiger charge is -2.33. The molecule has 21 heavy (non-hydrogen) atoms. The van der Waals surface area contributed by atoms with Gasteiger partial charge in [0.05, 0.1) is 23.4 Å². The highest BCUT2D eigenvalue weighted by Gasteiger charge is 2.26. The largest absolute Gasteiger partial charge is 0.378 e. The molecule has 0 unspecified atom stereocenters. The summed E-state index contributed by atoms with van der Waals surface area (Å²) in [6, 6.07) is 2.01. The summed E-state index contributed by atoms with van der Waals surface area (Å²) in [5, 5.41) is 7.59. The van der Waals surface area contributed by atoms with Crippen molar-refractivity contribution in [2.24, 2.45) is 5.73 Å². The van der Waals surface area contributed by atoms with Crippen molar-refractivity contribution in [1.29, 1.82) is 0 Å².